The Morgan fingerprint density at radius 3 is 2.88 bits per heavy atom. The minimum Gasteiger partial charge on any atom is -0.308 e. The Morgan fingerprint density at radius 2 is 2.25 bits per heavy atom. The van der Waals surface area contributed by atoms with Crippen molar-refractivity contribution in [3.8, 4) is 0 Å². The van der Waals surface area contributed by atoms with Gasteiger partial charge in [0.05, 0.1) is 5.75 Å². The van der Waals surface area contributed by atoms with Crippen LogP contribution in [0.1, 0.15) is 19.3 Å². The van der Waals surface area contributed by atoms with E-state index in [9.17, 15) is 8.42 Å². The van der Waals surface area contributed by atoms with Gasteiger partial charge in [-0.05, 0) is 26.4 Å². The van der Waals surface area contributed by atoms with E-state index in [0.717, 1.165) is 13.1 Å². The van der Waals surface area contributed by atoms with Crippen molar-refractivity contribution in [2.75, 3.05) is 25.9 Å². The molecule has 1 fully saturated rings. The van der Waals surface area contributed by atoms with Gasteiger partial charge >= 0.3 is 0 Å². The Hall–Kier alpha value is -0.390. The first-order valence-corrected chi connectivity index (χ1v) is 7.63. The first-order valence-electron chi connectivity index (χ1n) is 5.91. The van der Waals surface area contributed by atoms with E-state index >= 15 is 0 Å². The Bertz CT molecular complexity index is 364. The number of sulfone groups is 1. The third-order valence-corrected chi connectivity index (χ3v) is 4.86. The lowest BCUT2D eigenvalue weighted by Crippen LogP contribution is -2.45. The molecule has 0 amide bonds. The monoisotopic (exact) mass is 244 g/mol. The molecule has 4 nitrogen and oxygen atoms in total. The second kappa shape index (κ2) is 4.85. The molecule has 0 aromatic rings. The summed E-state index contributed by atoms with van der Waals surface area (Å²) in [5, 5.41) is 4.66. The maximum Gasteiger partial charge on any atom is 0.173 e. The van der Waals surface area contributed by atoms with Crippen LogP contribution in [-0.2, 0) is 9.84 Å². The maximum absolute atomic E-state index is 11.2. The fourth-order valence-corrected chi connectivity index (χ4v) is 3.66. The van der Waals surface area contributed by atoms with Gasteiger partial charge in [-0.1, -0.05) is 12.5 Å². The Morgan fingerprint density at radius 1 is 1.44 bits per heavy atom. The molecule has 0 bridgehead atoms. The van der Waals surface area contributed by atoms with E-state index in [1.165, 1.54) is 24.7 Å². The van der Waals surface area contributed by atoms with Crippen LogP contribution in [0.3, 0.4) is 0 Å². The van der Waals surface area contributed by atoms with Gasteiger partial charge in [0.2, 0.25) is 0 Å². The van der Waals surface area contributed by atoms with Crippen LogP contribution in [0.2, 0.25) is 0 Å². The topological polar surface area (TPSA) is 49.4 Å². The van der Waals surface area contributed by atoms with Crippen LogP contribution < -0.4 is 5.32 Å². The number of piperidine rings is 1. The third-order valence-electron chi connectivity index (χ3n) is 3.47. The highest BCUT2D eigenvalue weighted by Crippen LogP contribution is 2.15. The second-order valence-corrected chi connectivity index (χ2v) is 6.73. The first kappa shape index (κ1) is 12.1. The summed E-state index contributed by atoms with van der Waals surface area (Å²) in [6.45, 7) is 2.05. The lowest BCUT2D eigenvalue weighted by atomic mass is 10.0. The van der Waals surface area contributed by atoms with Crippen LogP contribution in [0, 0.1) is 0 Å². The van der Waals surface area contributed by atoms with Gasteiger partial charge in [-0.3, -0.25) is 0 Å². The fourth-order valence-electron chi connectivity index (χ4n) is 2.39. The van der Waals surface area contributed by atoms with Crippen molar-refractivity contribution in [1.82, 2.24) is 10.2 Å². The molecule has 0 saturated carbocycles. The zero-order valence-corrected chi connectivity index (χ0v) is 10.5. The minimum atomic E-state index is -2.92. The highest BCUT2D eigenvalue weighted by Gasteiger charge is 2.24. The summed E-state index contributed by atoms with van der Waals surface area (Å²) in [6, 6.07) is 0.575. The summed E-state index contributed by atoms with van der Waals surface area (Å²) in [5.74, 6) is 0.226. The van der Waals surface area contributed by atoms with Gasteiger partial charge in [0.15, 0.2) is 9.84 Å². The molecular formula is C11H20N2O2S. The normalized spacial score (nSPS) is 34.3. The fraction of sp³-hybridized carbons (Fsp3) is 0.818. The molecule has 5 heteroatoms. The molecular weight excluding hydrogens is 224 g/mol. The second-order valence-electron chi connectivity index (χ2n) is 4.80. The summed E-state index contributed by atoms with van der Waals surface area (Å²) in [7, 11) is -0.773. The van der Waals surface area contributed by atoms with E-state index in [1.54, 1.807) is 6.08 Å². The summed E-state index contributed by atoms with van der Waals surface area (Å²) in [5.41, 5.74) is 0. The van der Waals surface area contributed by atoms with Crippen molar-refractivity contribution in [2.45, 2.75) is 31.3 Å². The molecule has 0 aromatic carbocycles. The zero-order chi connectivity index (χ0) is 11.6. The van der Waals surface area contributed by atoms with Gasteiger partial charge in [-0.15, -0.1) is 0 Å². The molecule has 2 atom stereocenters. The van der Waals surface area contributed by atoms with Crippen LogP contribution in [0.4, 0.5) is 0 Å². The Labute approximate surface area is 97.6 Å². The van der Waals surface area contributed by atoms with Crippen molar-refractivity contribution in [1.29, 1.82) is 0 Å². The molecule has 2 heterocycles. The van der Waals surface area contributed by atoms with Crippen LogP contribution in [0.25, 0.3) is 0 Å². The molecule has 1 N–H and O–H groups in total. The largest absolute Gasteiger partial charge is 0.308 e. The van der Waals surface area contributed by atoms with Crippen molar-refractivity contribution in [2.24, 2.45) is 0 Å². The van der Waals surface area contributed by atoms with Gasteiger partial charge < -0.3 is 10.2 Å². The van der Waals surface area contributed by atoms with E-state index in [-0.39, 0.29) is 11.8 Å². The quantitative estimate of drug-likeness (QED) is 0.779. The van der Waals surface area contributed by atoms with Gasteiger partial charge in [0.1, 0.15) is 0 Å². The predicted octanol–water partition coefficient (Wildman–Crippen LogP) is 0.371. The van der Waals surface area contributed by atoms with E-state index in [0.29, 0.717) is 6.04 Å². The maximum atomic E-state index is 11.2. The smallest absolute Gasteiger partial charge is 0.173 e. The van der Waals surface area contributed by atoms with Crippen LogP contribution in [0.5, 0.6) is 0 Å². The third kappa shape index (κ3) is 3.06. The SMILES string of the molecule is CN1CCCCC1CNC1C=CS(=O)(=O)C1. The average molecular weight is 244 g/mol. The Kier molecular flexibility index (Phi) is 3.66. The molecule has 0 aromatic heterocycles. The highest BCUT2D eigenvalue weighted by atomic mass is 32.2. The zero-order valence-electron chi connectivity index (χ0n) is 9.72. The molecule has 0 spiro atoms. The first-order chi connectivity index (χ1) is 7.57. The van der Waals surface area contributed by atoms with Gasteiger partial charge in [-0.2, -0.15) is 0 Å². The molecule has 0 radical (unpaired) electrons. The lowest BCUT2D eigenvalue weighted by Gasteiger charge is -2.33. The van der Waals surface area contributed by atoms with Crippen molar-refractivity contribution in [3.05, 3.63) is 11.5 Å². The standard InChI is InChI=1S/C11H20N2O2S/c1-13-6-3-2-4-11(13)8-12-10-5-7-16(14,15)9-10/h5,7,10-12H,2-4,6,8-9H2,1H3. The number of likely N-dealkylation sites (N-methyl/N-ethyl adjacent to an activating group) is 1. The number of hydrogen-bond acceptors (Lipinski definition) is 4. The molecule has 2 rings (SSSR count). The van der Waals surface area contributed by atoms with E-state index in [4.69, 9.17) is 0 Å². The lowest BCUT2D eigenvalue weighted by molar-refractivity contribution is 0.180. The molecule has 2 aliphatic rings. The van der Waals surface area contributed by atoms with E-state index in [1.807, 2.05) is 0 Å². The molecule has 1 saturated heterocycles. The summed E-state index contributed by atoms with van der Waals surface area (Å²) < 4.78 is 22.4. The van der Waals surface area contributed by atoms with Crippen molar-refractivity contribution < 1.29 is 8.42 Å². The average Bonchev–Trinajstić information content (AvgIpc) is 2.57. The minimum absolute atomic E-state index is 0.0142. The predicted molar refractivity (Wildman–Crippen MR) is 65.0 cm³/mol. The number of nitrogens with one attached hydrogen (secondary N) is 1. The number of nitrogens with zero attached hydrogens (tertiary/aromatic N) is 1. The summed E-state index contributed by atoms with van der Waals surface area (Å²) in [6.07, 6.45) is 5.55. The van der Waals surface area contributed by atoms with Crippen molar-refractivity contribution >= 4 is 9.84 Å². The molecule has 2 aliphatic heterocycles. The van der Waals surface area contributed by atoms with Crippen LogP contribution >= 0.6 is 0 Å². The number of likely N-dealkylation sites (tertiary alicyclic amines) is 1. The van der Waals surface area contributed by atoms with Crippen molar-refractivity contribution in [3.63, 3.8) is 0 Å². The van der Waals surface area contributed by atoms with E-state index in [2.05, 4.69) is 17.3 Å². The van der Waals surface area contributed by atoms with Crippen LogP contribution in [-0.4, -0.2) is 51.3 Å². The Balaban J connectivity index is 1.78. The molecule has 16 heavy (non-hydrogen) atoms. The van der Waals surface area contributed by atoms with E-state index < -0.39 is 9.84 Å². The van der Waals surface area contributed by atoms with Crippen LogP contribution in [0.15, 0.2) is 11.5 Å². The highest BCUT2D eigenvalue weighted by molar-refractivity contribution is 7.94. The van der Waals surface area contributed by atoms with Gasteiger partial charge in [-0.25, -0.2) is 8.42 Å². The number of rotatable bonds is 3. The molecule has 92 valence electrons. The molecule has 2 unspecified atom stereocenters. The van der Waals surface area contributed by atoms with Gasteiger partial charge in [0, 0.05) is 24.0 Å². The summed E-state index contributed by atoms with van der Waals surface area (Å²) in [4.78, 5) is 2.36. The molecule has 0 aliphatic carbocycles. The summed E-state index contributed by atoms with van der Waals surface area (Å²) >= 11 is 0. The van der Waals surface area contributed by atoms with Gasteiger partial charge in [0.25, 0.3) is 0 Å². The number of hydrogen-bond donors (Lipinski definition) is 1.